The number of para-hydroxylation sites is 1. The summed E-state index contributed by atoms with van der Waals surface area (Å²) in [4.78, 5) is 25.7. The van der Waals surface area contributed by atoms with Crippen molar-refractivity contribution in [2.75, 3.05) is 36.9 Å². The van der Waals surface area contributed by atoms with Crippen LogP contribution in [0.25, 0.3) is 15.8 Å². The van der Waals surface area contributed by atoms with Gasteiger partial charge >= 0.3 is 0 Å². The molecule has 0 saturated carbocycles. The van der Waals surface area contributed by atoms with Gasteiger partial charge in [-0.15, -0.1) is 23.7 Å². The number of terminal acetylenes is 1. The number of fused-ring (bicyclic) bond motifs is 1. The highest BCUT2D eigenvalue weighted by atomic mass is 32.1. The van der Waals surface area contributed by atoms with Crippen molar-refractivity contribution in [2.24, 2.45) is 4.99 Å². The van der Waals surface area contributed by atoms with Gasteiger partial charge in [0.1, 0.15) is 9.71 Å². The van der Waals surface area contributed by atoms with Crippen LogP contribution in [0.3, 0.4) is 0 Å². The summed E-state index contributed by atoms with van der Waals surface area (Å²) in [5, 5.41) is 0.791. The van der Waals surface area contributed by atoms with Crippen LogP contribution in [0.1, 0.15) is 34.6 Å². The van der Waals surface area contributed by atoms with Crippen molar-refractivity contribution in [3.8, 4) is 12.3 Å². The molecule has 1 aliphatic rings. The number of aliphatic imine (C=N–C) groups is 1. The number of hydrogen-bond donors (Lipinski definition) is 1. The van der Waals surface area contributed by atoms with Crippen LogP contribution < -0.4 is 10.6 Å². The van der Waals surface area contributed by atoms with Gasteiger partial charge < -0.3 is 15.4 Å². The number of aromatic nitrogens is 1. The van der Waals surface area contributed by atoms with E-state index in [0.717, 1.165) is 46.6 Å². The first kappa shape index (κ1) is 24.4. The van der Waals surface area contributed by atoms with E-state index in [4.69, 9.17) is 21.9 Å². The summed E-state index contributed by atoms with van der Waals surface area (Å²) in [7, 11) is 0. The van der Waals surface area contributed by atoms with Gasteiger partial charge in [-0.05, 0) is 37.1 Å². The lowest BCUT2D eigenvalue weighted by atomic mass is 10.1. The molecular weight excluding hydrogens is 456 g/mol. The lowest BCUT2D eigenvalue weighted by Crippen LogP contribution is -2.31. The van der Waals surface area contributed by atoms with Gasteiger partial charge in [-0.3, -0.25) is 9.79 Å². The number of pyridine rings is 1. The number of allylic oxidation sites excluding steroid dienone is 1. The predicted octanol–water partition coefficient (Wildman–Crippen LogP) is 5.37. The molecule has 35 heavy (non-hydrogen) atoms. The second-order valence-electron chi connectivity index (χ2n) is 7.98. The molecule has 7 heteroatoms. The first-order chi connectivity index (χ1) is 17.2. The number of carbonyl (C=O) groups excluding carboxylic acids is 1. The maximum absolute atomic E-state index is 13.7. The minimum Gasteiger partial charge on any atom is -0.397 e. The van der Waals surface area contributed by atoms with Gasteiger partial charge in [0.15, 0.2) is 0 Å². The highest BCUT2D eigenvalue weighted by Gasteiger charge is 2.23. The number of rotatable bonds is 10. The molecule has 0 bridgehead atoms. The number of carbonyl (C=O) groups is 1. The van der Waals surface area contributed by atoms with Crippen molar-refractivity contribution in [1.29, 1.82) is 0 Å². The number of benzene rings is 1. The molecule has 0 aliphatic carbocycles. The summed E-state index contributed by atoms with van der Waals surface area (Å²) in [5.41, 5.74) is 9.54. The molecule has 0 fully saturated rings. The molecule has 0 atom stereocenters. The number of unbranched alkanes of at least 4 members (excludes halogenated alkanes) is 1. The summed E-state index contributed by atoms with van der Waals surface area (Å²) in [6, 6.07) is 13.4. The fraction of sp³-hybridized carbons (Fsp3) is 0.250. The van der Waals surface area contributed by atoms with Crippen LogP contribution in [-0.4, -0.2) is 43.4 Å². The molecule has 0 radical (unpaired) electrons. The zero-order valence-electron chi connectivity index (χ0n) is 19.5. The normalized spacial score (nSPS) is 13.2. The van der Waals surface area contributed by atoms with Crippen LogP contribution in [0.2, 0.25) is 0 Å². The maximum atomic E-state index is 13.7. The lowest BCUT2D eigenvalue weighted by molar-refractivity contribution is 0.0994. The highest BCUT2D eigenvalue weighted by Crippen LogP contribution is 2.35. The van der Waals surface area contributed by atoms with E-state index in [2.05, 4.69) is 17.0 Å². The third kappa shape index (κ3) is 6.04. The first-order valence-corrected chi connectivity index (χ1v) is 12.4. The zero-order valence-corrected chi connectivity index (χ0v) is 20.3. The molecule has 6 nitrogen and oxygen atoms in total. The van der Waals surface area contributed by atoms with Crippen molar-refractivity contribution in [1.82, 2.24) is 4.98 Å². The van der Waals surface area contributed by atoms with Crippen molar-refractivity contribution < 1.29 is 9.53 Å². The van der Waals surface area contributed by atoms with Crippen LogP contribution >= 0.6 is 11.3 Å². The molecular formula is C28H28N4O2S. The second-order valence-corrected chi connectivity index (χ2v) is 8.98. The molecule has 3 aromatic rings. The Balaban J connectivity index is 1.54. The van der Waals surface area contributed by atoms with Gasteiger partial charge in [0, 0.05) is 49.0 Å². The van der Waals surface area contributed by atoms with Gasteiger partial charge in [-0.2, -0.15) is 0 Å². The standard InChI is InChI=1S/C28H28N4O2S/c1-2-3-8-18-34-19-9-7-17-32(22-12-5-4-6-13-22)28(33)26-25(29)23-14-15-24(31-27(23)35-26)21-11-10-16-30-20-21/h1,4-7,9,11-15,20H,3,8,10,16-19,29H2/b9-7-. The van der Waals surface area contributed by atoms with Crippen molar-refractivity contribution >= 4 is 50.6 Å². The number of anilines is 2. The van der Waals surface area contributed by atoms with Crippen LogP contribution in [0, 0.1) is 12.3 Å². The number of nitrogens with zero attached hydrogens (tertiary/aromatic N) is 3. The molecule has 2 aromatic heterocycles. The van der Waals surface area contributed by atoms with Gasteiger partial charge in [-0.1, -0.05) is 36.4 Å². The molecule has 1 aliphatic heterocycles. The van der Waals surface area contributed by atoms with E-state index in [-0.39, 0.29) is 5.91 Å². The number of nitrogen functional groups attached to an aromatic ring is 1. The average Bonchev–Trinajstić information content (AvgIpc) is 3.24. The summed E-state index contributed by atoms with van der Waals surface area (Å²) >= 11 is 1.32. The molecule has 3 heterocycles. The molecule has 1 aromatic carbocycles. The number of amides is 1. The second kappa shape index (κ2) is 12.1. The van der Waals surface area contributed by atoms with Crippen LogP contribution in [0.5, 0.6) is 0 Å². The summed E-state index contributed by atoms with van der Waals surface area (Å²) in [6.45, 7) is 2.29. The molecule has 0 saturated heterocycles. The summed E-state index contributed by atoms with van der Waals surface area (Å²) in [6.07, 6.45) is 15.5. The number of ether oxygens (including phenoxy) is 1. The Morgan fingerprint density at radius 3 is 2.86 bits per heavy atom. The van der Waals surface area contributed by atoms with Gasteiger partial charge in [-0.25, -0.2) is 4.98 Å². The lowest BCUT2D eigenvalue weighted by Gasteiger charge is -2.21. The Hall–Kier alpha value is -3.73. The molecule has 0 unspecified atom stereocenters. The maximum Gasteiger partial charge on any atom is 0.270 e. The number of hydrogen-bond acceptors (Lipinski definition) is 6. The van der Waals surface area contributed by atoms with E-state index in [9.17, 15) is 4.79 Å². The minimum absolute atomic E-state index is 0.156. The fourth-order valence-electron chi connectivity index (χ4n) is 3.71. The van der Waals surface area contributed by atoms with E-state index in [1.165, 1.54) is 11.3 Å². The third-order valence-electron chi connectivity index (χ3n) is 5.53. The monoisotopic (exact) mass is 484 g/mol. The topological polar surface area (TPSA) is 80.8 Å². The molecule has 2 N–H and O–H groups in total. The Labute approximate surface area is 209 Å². The van der Waals surface area contributed by atoms with E-state index in [1.54, 1.807) is 4.90 Å². The van der Waals surface area contributed by atoms with E-state index < -0.39 is 0 Å². The molecule has 1 amide bonds. The SMILES string of the molecule is C#CCCCOC/C=C\CN(C(=O)c1sc2nc(C3=CCCN=C3)ccc2c1N)c1ccccc1. The van der Waals surface area contributed by atoms with Crippen molar-refractivity contribution in [2.45, 2.75) is 19.3 Å². The Bertz CT molecular complexity index is 1300. The first-order valence-electron chi connectivity index (χ1n) is 11.6. The predicted molar refractivity (Wildman–Crippen MR) is 146 cm³/mol. The van der Waals surface area contributed by atoms with Crippen LogP contribution in [-0.2, 0) is 4.74 Å². The number of dihydropyridines is 1. The highest BCUT2D eigenvalue weighted by molar-refractivity contribution is 7.21. The van der Waals surface area contributed by atoms with Gasteiger partial charge in [0.05, 0.1) is 18.0 Å². The van der Waals surface area contributed by atoms with Gasteiger partial charge in [0.25, 0.3) is 5.91 Å². The van der Waals surface area contributed by atoms with E-state index in [1.807, 2.05) is 60.8 Å². The number of nitrogens with two attached hydrogens (primary N) is 1. The Kier molecular flexibility index (Phi) is 8.44. The average molecular weight is 485 g/mol. The quantitative estimate of drug-likeness (QED) is 0.238. The van der Waals surface area contributed by atoms with Crippen molar-refractivity contribution in [3.05, 3.63) is 71.3 Å². The van der Waals surface area contributed by atoms with Gasteiger partial charge in [0.2, 0.25) is 0 Å². The zero-order chi connectivity index (χ0) is 24.5. The Morgan fingerprint density at radius 1 is 1.23 bits per heavy atom. The van der Waals surface area contributed by atoms with Crippen LogP contribution in [0.4, 0.5) is 11.4 Å². The smallest absolute Gasteiger partial charge is 0.270 e. The Morgan fingerprint density at radius 2 is 2.09 bits per heavy atom. The largest absolute Gasteiger partial charge is 0.397 e. The number of thiophene rings is 1. The van der Waals surface area contributed by atoms with E-state index >= 15 is 0 Å². The van der Waals surface area contributed by atoms with Crippen LogP contribution in [0.15, 0.2) is 65.7 Å². The minimum atomic E-state index is -0.156. The molecule has 178 valence electrons. The summed E-state index contributed by atoms with van der Waals surface area (Å²) < 4.78 is 5.56. The fourth-order valence-corrected chi connectivity index (χ4v) is 4.75. The van der Waals surface area contributed by atoms with Crippen molar-refractivity contribution in [3.63, 3.8) is 0 Å². The molecule has 4 rings (SSSR count). The third-order valence-corrected chi connectivity index (χ3v) is 6.63. The van der Waals surface area contributed by atoms with E-state index in [0.29, 0.717) is 36.7 Å². The summed E-state index contributed by atoms with van der Waals surface area (Å²) in [5.74, 6) is 2.44. The molecule has 0 spiro atoms.